The Hall–Kier alpha value is -2.22. The molecule has 0 radical (unpaired) electrons. The normalized spacial score (nSPS) is 11.9. The molecule has 4 nitrogen and oxygen atoms in total. The number of nitrogens with zero attached hydrogens (tertiary/aromatic N) is 2. The molecule has 0 spiro atoms. The van der Waals surface area contributed by atoms with Crippen molar-refractivity contribution in [2.75, 3.05) is 0 Å². The van der Waals surface area contributed by atoms with Gasteiger partial charge in [0.1, 0.15) is 22.6 Å². The van der Waals surface area contributed by atoms with Crippen LogP contribution in [0, 0.1) is 11.3 Å². The molecule has 0 N–H and O–H groups in total. The zero-order valence-electron chi connectivity index (χ0n) is 11.7. The van der Waals surface area contributed by atoms with Crippen LogP contribution in [0.2, 0.25) is 10.0 Å². The lowest BCUT2D eigenvalue weighted by Gasteiger charge is -2.11. The average molecular weight is 335 g/mol. The third-order valence-electron chi connectivity index (χ3n) is 2.58. The van der Waals surface area contributed by atoms with Crippen molar-refractivity contribution in [3.63, 3.8) is 0 Å². The molecule has 1 aromatic carbocycles. The number of ether oxygens (including phenoxy) is 2. The molecule has 112 valence electrons. The SMILES string of the molecule is CC(/C=C/C#N)Oc1ccc(Oc2ncc(Cl)cc2Cl)cc1. The summed E-state index contributed by atoms with van der Waals surface area (Å²) in [6.07, 6.45) is 4.32. The number of rotatable bonds is 5. The smallest absolute Gasteiger partial charge is 0.238 e. The van der Waals surface area contributed by atoms with E-state index < -0.39 is 0 Å². The first-order chi connectivity index (χ1) is 10.6. The number of allylic oxidation sites excluding steroid dienone is 1. The third-order valence-corrected chi connectivity index (χ3v) is 3.05. The molecule has 0 bridgehead atoms. The molecule has 1 atom stereocenters. The van der Waals surface area contributed by atoms with Gasteiger partial charge in [-0.15, -0.1) is 0 Å². The minimum atomic E-state index is -0.196. The topological polar surface area (TPSA) is 55.1 Å². The van der Waals surface area contributed by atoms with Crippen LogP contribution in [-0.2, 0) is 0 Å². The number of halogens is 2. The van der Waals surface area contributed by atoms with E-state index in [2.05, 4.69) is 4.98 Å². The highest BCUT2D eigenvalue weighted by Gasteiger charge is 2.06. The highest BCUT2D eigenvalue weighted by atomic mass is 35.5. The van der Waals surface area contributed by atoms with Gasteiger partial charge >= 0.3 is 0 Å². The third kappa shape index (κ3) is 4.66. The fraction of sp³-hybridized carbons (Fsp3) is 0.125. The van der Waals surface area contributed by atoms with Gasteiger partial charge in [0.15, 0.2) is 0 Å². The van der Waals surface area contributed by atoms with Crippen LogP contribution in [0.25, 0.3) is 0 Å². The summed E-state index contributed by atoms with van der Waals surface area (Å²) >= 11 is 11.8. The van der Waals surface area contributed by atoms with E-state index in [1.165, 1.54) is 12.3 Å². The number of hydrogen-bond donors (Lipinski definition) is 0. The molecule has 0 fully saturated rings. The number of pyridine rings is 1. The molecular weight excluding hydrogens is 323 g/mol. The number of aromatic nitrogens is 1. The lowest BCUT2D eigenvalue weighted by atomic mass is 10.3. The van der Waals surface area contributed by atoms with Crippen LogP contribution in [0.4, 0.5) is 0 Å². The zero-order chi connectivity index (χ0) is 15.9. The van der Waals surface area contributed by atoms with Gasteiger partial charge in [-0.25, -0.2) is 4.98 Å². The van der Waals surface area contributed by atoms with Gasteiger partial charge in [0.05, 0.1) is 11.1 Å². The molecule has 6 heteroatoms. The van der Waals surface area contributed by atoms with E-state index >= 15 is 0 Å². The largest absolute Gasteiger partial charge is 0.487 e. The summed E-state index contributed by atoms with van der Waals surface area (Å²) in [6.45, 7) is 1.84. The fourth-order valence-corrected chi connectivity index (χ4v) is 2.03. The maximum atomic E-state index is 8.46. The molecule has 1 heterocycles. The number of hydrogen-bond acceptors (Lipinski definition) is 4. The molecule has 22 heavy (non-hydrogen) atoms. The molecule has 1 aromatic heterocycles. The van der Waals surface area contributed by atoms with E-state index in [1.54, 1.807) is 36.4 Å². The van der Waals surface area contributed by atoms with Gasteiger partial charge in [0.25, 0.3) is 0 Å². The first-order valence-corrected chi connectivity index (χ1v) is 7.16. The first kappa shape index (κ1) is 16.2. The minimum Gasteiger partial charge on any atom is -0.487 e. The van der Waals surface area contributed by atoms with Crippen molar-refractivity contribution in [1.82, 2.24) is 4.98 Å². The van der Waals surface area contributed by atoms with Crippen LogP contribution >= 0.6 is 23.2 Å². The van der Waals surface area contributed by atoms with E-state index in [-0.39, 0.29) is 12.0 Å². The monoisotopic (exact) mass is 334 g/mol. The molecule has 0 saturated heterocycles. The van der Waals surface area contributed by atoms with Gasteiger partial charge in [-0.1, -0.05) is 23.2 Å². The first-order valence-electron chi connectivity index (χ1n) is 6.40. The fourth-order valence-electron chi connectivity index (χ4n) is 1.61. The van der Waals surface area contributed by atoms with Crippen molar-refractivity contribution in [1.29, 1.82) is 5.26 Å². The van der Waals surface area contributed by atoms with Crippen molar-refractivity contribution in [2.24, 2.45) is 0 Å². The van der Waals surface area contributed by atoms with E-state index in [4.69, 9.17) is 37.9 Å². The molecule has 0 aliphatic heterocycles. The van der Waals surface area contributed by atoms with Crippen molar-refractivity contribution >= 4 is 23.2 Å². The quantitative estimate of drug-likeness (QED) is 0.719. The summed E-state index contributed by atoms with van der Waals surface area (Å²) in [4.78, 5) is 4.02. The van der Waals surface area contributed by atoms with Gasteiger partial charge in [0, 0.05) is 12.3 Å². The van der Waals surface area contributed by atoms with Crippen molar-refractivity contribution in [2.45, 2.75) is 13.0 Å². The van der Waals surface area contributed by atoms with Crippen LogP contribution in [-0.4, -0.2) is 11.1 Å². The van der Waals surface area contributed by atoms with Crippen LogP contribution < -0.4 is 9.47 Å². The van der Waals surface area contributed by atoms with E-state index in [0.717, 1.165) is 0 Å². The second-order valence-corrected chi connectivity index (χ2v) is 5.17. The molecule has 0 aliphatic carbocycles. The Kier molecular flexibility index (Phi) is 5.65. The maximum Gasteiger partial charge on any atom is 0.238 e. The maximum absolute atomic E-state index is 8.46. The van der Waals surface area contributed by atoms with Gasteiger partial charge < -0.3 is 9.47 Å². The molecule has 0 aliphatic rings. The summed E-state index contributed by atoms with van der Waals surface area (Å²) in [5.74, 6) is 1.52. The highest BCUT2D eigenvalue weighted by molar-refractivity contribution is 6.35. The second kappa shape index (κ2) is 7.69. The predicted molar refractivity (Wildman–Crippen MR) is 85.6 cm³/mol. The van der Waals surface area contributed by atoms with Crippen molar-refractivity contribution < 1.29 is 9.47 Å². The lowest BCUT2D eigenvalue weighted by Crippen LogP contribution is -2.07. The Morgan fingerprint density at radius 1 is 1.23 bits per heavy atom. The lowest BCUT2D eigenvalue weighted by molar-refractivity contribution is 0.269. The van der Waals surface area contributed by atoms with Gasteiger partial charge in [-0.2, -0.15) is 5.26 Å². The molecule has 2 aromatic rings. The van der Waals surface area contributed by atoms with Crippen LogP contribution in [0.15, 0.2) is 48.7 Å². The zero-order valence-corrected chi connectivity index (χ0v) is 13.2. The predicted octanol–water partition coefficient (Wildman–Crippen LogP) is 5.03. The van der Waals surface area contributed by atoms with Crippen LogP contribution in [0.3, 0.4) is 0 Å². The Morgan fingerprint density at radius 2 is 1.91 bits per heavy atom. The Bertz CT molecular complexity index is 709. The van der Waals surface area contributed by atoms with Crippen LogP contribution in [0.5, 0.6) is 17.4 Å². The summed E-state index contributed by atoms with van der Waals surface area (Å²) in [5.41, 5.74) is 0. The Balaban J connectivity index is 2.03. The highest BCUT2D eigenvalue weighted by Crippen LogP contribution is 2.29. The Labute approximate surface area is 138 Å². The summed E-state index contributed by atoms with van der Waals surface area (Å²) < 4.78 is 11.2. The molecule has 0 saturated carbocycles. The molecule has 2 rings (SSSR count). The number of benzene rings is 1. The van der Waals surface area contributed by atoms with Crippen molar-refractivity contribution in [3.05, 3.63) is 58.7 Å². The summed E-state index contributed by atoms with van der Waals surface area (Å²) in [6, 6.07) is 10.5. The summed E-state index contributed by atoms with van der Waals surface area (Å²) in [5, 5.41) is 9.24. The second-order valence-electron chi connectivity index (χ2n) is 4.33. The molecule has 0 amide bonds. The van der Waals surface area contributed by atoms with Gasteiger partial charge in [-0.05, 0) is 43.3 Å². The van der Waals surface area contributed by atoms with E-state index in [0.29, 0.717) is 21.5 Å². The van der Waals surface area contributed by atoms with E-state index in [1.807, 2.05) is 13.0 Å². The van der Waals surface area contributed by atoms with E-state index in [9.17, 15) is 0 Å². The standard InChI is InChI=1S/C16H12Cl2N2O2/c1-11(3-2-8-19)21-13-4-6-14(7-5-13)22-16-15(18)9-12(17)10-20-16/h2-7,9-11H,1H3/b3-2+. The molecular formula is C16H12Cl2N2O2. The van der Waals surface area contributed by atoms with Crippen molar-refractivity contribution in [3.8, 4) is 23.4 Å². The number of nitriles is 1. The Morgan fingerprint density at radius 3 is 2.55 bits per heavy atom. The van der Waals surface area contributed by atoms with Gasteiger partial charge in [-0.3, -0.25) is 0 Å². The average Bonchev–Trinajstić information content (AvgIpc) is 2.50. The summed E-state index contributed by atoms with van der Waals surface area (Å²) in [7, 11) is 0. The van der Waals surface area contributed by atoms with Gasteiger partial charge in [0.2, 0.25) is 5.88 Å². The molecule has 1 unspecified atom stereocenters. The van der Waals surface area contributed by atoms with Crippen LogP contribution in [0.1, 0.15) is 6.92 Å². The minimum absolute atomic E-state index is 0.196.